The Morgan fingerprint density at radius 3 is 2.29 bits per heavy atom. The summed E-state index contributed by atoms with van der Waals surface area (Å²) in [7, 11) is 0. The fraction of sp³-hybridized carbons (Fsp3) is 0.435. The molecule has 5 nitrogen and oxygen atoms in total. The molecule has 2 fully saturated rings. The van der Waals surface area contributed by atoms with Gasteiger partial charge in [-0.2, -0.15) is 13.2 Å². The highest BCUT2D eigenvalue weighted by molar-refractivity contribution is 5.88. The molecule has 2 aliphatic rings. The van der Waals surface area contributed by atoms with Gasteiger partial charge in [0.1, 0.15) is 11.9 Å². The van der Waals surface area contributed by atoms with E-state index in [9.17, 15) is 18.0 Å². The Kier molecular flexibility index (Phi) is 6.09. The Bertz CT molecular complexity index is 895. The third kappa shape index (κ3) is 5.50. The summed E-state index contributed by atoms with van der Waals surface area (Å²) in [6.07, 6.45) is -1.54. The summed E-state index contributed by atoms with van der Waals surface area (Å²) in [6.45, 7) is 1.78. The van der Waals surface area contributed by atoms with Gasteiger partial charge in [-0.15, -0.1) is 0 Å². The topological polar surface area (TPSA) is 59.0 Å². The third-order valence-electron chi connectivity index (χ3n) is 5.67. The molecule has 0 unspecified atom stereocenters. The summed E-state index contributed by atoms with van der Waals surface area (Å²) in [5.74, 6) is 0.0448. The van der Waals surface area contributed by atoms with Gasteiger partial charge in [0.2, 0.25) is 0 Å². The van der Waals surface area contributed by atoms with Crippen molar-refractivity contribution in [2.45, 2.75) is 37.6 Å². The number of benzene rings is 2. The Balaban J connectivity index is 1.44. The Morgan fingerprint density at radius 2 is 1.71 bits per heavy atom. The van der Waals surface area contributed by atoms with Gasteiger partial charge in [0.15, 0.2) is 0 Å². The van der Waals surface area contributed by atoms with Crippen molar-refractivity contribution < 1.29 is 32.5 Å². The summed E-state index contributed by atoms with van der Waals surface area (Å²) in [5.41, 5.74) is 0.364. The number of anilines is 1. The van der Waals surface area contributed by atoms with Crippen LogP contribution in [-0.4, -0.2) is 43.0 Å². The molecule has 0 amide bonds. The second-order valence-corrected chi connectivity index (χ2v) is 8.14. The van der Waals surface area contributed by atoms with E-state index in [-0.39, 0.29) is 17.7 Å². The van der Waals surface area contributed by atoms with Crippen LogP contribution in [0.5, 0.6) is 5.75 Å². The van der Waals surface area contributed by atoms with E-state index < -0.39 is 17.7 Å². The molecule has 0 radical (unpaired) electrons. The van der Waals surface area contributed by atoms with Gasteiger partial charge in [-0.1, -0.05) is 0 Å². The number of carboxylic acid groups (broad SMARTS) is 1. The molecule has 2 aromatic carbocycles. The average molecular weight is 435 g/mol. The first-order chi connectivity index (χ1) is 14.8. The monoisotopic (exact) mass is 435 g/mol. The van der Waals surface area contributed by atoms with Gasteiger partial charge in [-0.25, -0.2) is 4.79 Å². The summed E-state index contributed by atoms with van der Waals surface area (Å²) in [5, 5.41) is 9.12. The molecular formula is C23H24F3NO4. The number of carbonyl (C=O) groups is 1. The van der Waals surface area contributed by atoms with E-state index in [4.69, 9.17) is 14.6 Å². The van der Waals surface area contributed by atoms with Gasteiger partial charge in [0.25, 0.3) is 0 Å². The minimum absolute atomic E-state index is 0.0360. The van der Waals surface area contributed by atoms with Crippen LogP contribution in [0.2, 0.25) is 0 Å². The lowest BCUT2D eigenvalue weighted by molar-refractivity contribution is -0.137. The predicted molar refractivity (Wildman–Crippen MR) is 109 cm³/mol. The number of aromatic carboxylic acids is 1. The van der Waals surface area contributed by atoms with Crippen molar-refractivity contribution in [1.82, 2.24) is 0 Å². The molecule has 166 valence electrons. The third-order valence-corrected chi connectivity index (χ3v) is 5.67. The summed E-state index contributed by atoms with van der Waals surface area (Å²) in [4.78, 5) is 13.2. The zero-order valence-corrected chi connectivity index (χ0v) is 16.8. The molecule has 4 rings (SSSR count). The molecule has 1 saturated carbocycles. The van der Waals surface area contributed by atoms with Crippen LogP contribution in [-0.2, 0) is 10.9 Å². The van der Waals surface area contributed by atoms with Crippen LogP contribution in [0.15, 0.2) is 48.5 Å². The zero-order chi connectivity index (χ0) is 22.0. The molecule has 0 aromatic heterocycles. The standard InChI is InChI=1S/C23H24F3NO4/c24-23(25,26)17-5-9-20(10-6-17)31-21-11-19(14-30-13-15-1-2-15)27(12-21)18-7-3-16(4-8-18)22(28)29/h3-10,15,19,21H,1-2,11-14H2,(H,28,29)/t19-,21+/m0/s1. The molecule has 31 heavy (non-hydrogen) atoms. The smallest absolute Gasteiger partial charge is 0.416 e. The number of halogens is 3. The van der Waals surface area contributed by atoms with Gasteiger partial charge < -0.3 is 19.5 Å². The van der Waals surface area contributed by atoms with Crippen molar-refractivity contribution in [3.8, 4) is 5.75 Å². The van der Waals surface area contributed by atoms with Crippen molar-refractivity contribution in [2.75, 3.05) is 24.7 Å². The minimum atomic E-state index is -4.38. The molecule has 8 heteroatoms. The molecule has 1 N–H and O–H groups in total. The van der Waals surface area contributed by atoms with Gasteiger partial charge in [0, 0.05) is 18.7 Å². The average Bonchev–Trinajstić information content (AvgIpc) is 3.47. The number of hydrogen-bond donors (Lipinski definition) is 1. The number of nitrogens with zero attached hydrogens (tertiary/aromatic N) is 1. The molecule has 1 saturated heterocycles. The van der Waals surface area contributed by atoms with Crippen molar-refractivity contribution in [3.05, 3.63) is 59.7 Å². The van der Waals surface area contributed by atoms with Crippen LogP contribution in [0.1, 0.15) is 35.2 Å². The SMILES string of the molecule is O=C(O)c1ccc(N2C[C@H](Oc3ccc(C(F)(F)F)cc3)C[C@H]2COCC2CC2)cc1. The molecule has 1 heterocycles. The second-order valence-electron chi connectivity index (χ2n) is 8.14. The highest BCUT2D eigenvalue weighted by Crippen LogP contribution is 2.33. The maximum atomic E-state index is 12.8. The molecule has 2 atom stereocenters. The van der Waals surface area contributed by atoms with Crippen LogP contribution in [0, 0.1) is 5.92 Å². The van der Waals surface area contributed by atoms with Gasteiger partial charge in [-0.05, 0) is 67.3 Å². The first kappa shape index (κ1) is 21.5. The fourth-order valence-electron chi connectivity index (χ4n) is 3.80. The van der Waals surface area contributed by atoms with Gasteiger partial charge >= 0.3 is 12.1 Å². The fourth-order valence-corrected chi connectivity index (χ4v) is 3.80. The van der Waals surface area contributed by atoms with Crippen molar-refractivity contribution in [3.63, 3.8) is 0 Å². The summed E-state index contributed by atoms with van der Waals surface area (Å²) in [6, 6.07) is 11.4. The van der Waals surface area contributed by atoms with Crippen molar-refractivity contribution in [1.29, 1.82) is 0 Å². The van der Waals surface area contributed by atoms with Crippen LogP contribution in [0.4, 0.5) is 18.9 Å². The number of hydrogen-bond acceptors (Lipinski definition) is 4. The summed E-state index contributed by atoms with van der Waals surface area (Å²) < 4.78 is 50.2. The first-order valence-electron chi connectivity index (χ1n) is 10.3. The van der Waals surface area contributed by atoms with E-state index in [1.807, 2.05) is 0 Å². The van der Waals surface area contributed by atoms with Crippen molar-refractivity contribution in [2.24, 2.45) is 5.92 Å². The van der Waals surface area contributed by atoms with Gasteiger partial charge in [-0.3, -0.25) is 0 Å². The molecule has 2 aromatic rings. The zero-order valence-electron chi connectivity index (χ0n) is 16.8. The predicted octanol–water partition coefficient (Wildman–Crippen LogP) is 4.86. The highest BCUT2D eigenvalue weighted by atomic mass is 19.4. The number of carboxylic acids is 1. The minimum Gasteiger partial charge on any atom is -0.489 e. The molecule has 0 bridgehead atoms. The van der Waals surface area contributed by atoms with Crippen LogP contribution in [0.3, 0.4) is 0 Å². The highest BCUT2D eigenvalue weighted by Gasteiger charge is 2.35. The second kappa shape index (κ2) is 8.78. The molecule has 1 aliphatic carbocycles. The van der Waals surface area contributed by atoms with Crippen LogP contribution < -0.4 is 9.64 Å². The lowest BCUT2D eigenvalue weighted by atomic mass is 10.1. The van der Waals surface area contributed by atoms with E-state index in [1.165, 1.54) is 25.0 Å². The normalized spacial score (nSPS) is 21.3. The first-order valence-corrected chi connectivity index (χ1v) is 10.3. The van der Waals surface area contributed by atoms with Crippen LogP contribution in [0.25, 0.3) is 0 Å². The van der Waals surface area contributed by atoms with E-state index in [0.29, 0.717) is 31.2 Å². The Labute approximate surface area is 178 Å². The van der Waals surface area contributed by atoms with E-state index in [2.05, 4.69) is 4.90 Å². The van der Waals surface area contributed by atoms with E-state index in [1.54, 1.807) is 24.3 Å². The molecule has 1 aliphatic heterocycles. The van der Waals surface area contributed by atoms with E-state index in [0.717, 1.165) is 24.4 Å². The number of alkyl halides is 3. The van der Waals surface area contributed by atoms with Crippen LogP contribution >= 0.6 is 0 Å². The largest absolute Gasteiger partial charge is 0.489 e. The van der Waals surface area contributed by atoms with Crippen molar-refractivity contribution >= 4 is 11.7 Å². The van der Waals surface area contributed by atoms with Gasteiger partial charge in [0.05, 0.1) is 30.3 Å². The van der Waals surface area contributed by atoms with E-state index >= 15 is 0 Å². The maximum Gasteiger partial charge on any atom is 0.416 e. The Morgan fingerprint density at radius 1 is 1.03 bits per heavy atom. The lowest BCUT2D eigenvalue weighted by Gasteiger charge is -2.26. The Hall–Kier alpha value is -2.74. The number of ether oxygens (including phenoxy) is 2. The lowest BCUT2D eigenvalue weighted by Crippen LogP contribution is -2.33. The maximum absolute atomic E-state index is 12.8. The number of rotatable bonds is 8. The quantitative estimate of drug-likeness (QED) is 0.642. The molecule has 0 spiro atoms. The summed E-state index contributed by atoms with van der Waals surface area (Å²) >= 11 is 0. The molecular weight excluding hydrogens is 411 g/mol.